The molecule has 196 valence electrons. The van der Waals surface area contributed by atoms with Gasteiger partial charge in [-0.15, -0.1) is 0 Å². The van der Waals surface area contributed by atoms with Gasteiger partial charge < -0.3 is 10.4 Å². The van der Waals surface area contributed by atoms with Crippen LogP contribution in [0.4, 0.5) is 13.2 Å². The third kappa shape index (κ3) is 6.66. The van der Waals surface area contributed by atoms with E-state index in [4.69, 9.17) is 21.7 Å². The molecule has 0 aliphatic heterocycles. The molecule has 0 aliphatic carbocycles. The molecule has 0 bridgehead atoms. The molecule has 1 unspecified atom stereocenters. The minimum absolute atomic E-state index is 0.00745. The van der Waals surface area contributed by atoms with E-state index in [1.54, 1.807) is 30.3 Å². The molecule has 4 aromatic rings. The lowest BCUT2D eigenvalue weighted by molar-refractivity contribution is -0.155. The van der Waals surface area contributed by atoms with E-state index in [1.807, 2.05) is 0 Å². The van der Waals surface area contributed by atoms with Gasteiger partial charge in [0, 0.05) is 22.6 Å². The molecular weight excluding hydrogens is 519 g/mol. The average Bonchev–Trinajstić information content (AvgIpc) is 2.89. The molecule has 4 rings (SSSR count). The maximum Gasteiger partial charge on any atom is 0.412 e. The second-order valence-electron chi connectivity index (χ2n) is 8.69. The molecule has 1 amide bonds. The number of benzene rings is 3. The monoisotopic (exact) mass is 541 g/mol. The predicted molar refractivity (Wildman–Crippen MR) is 138 cm³/mol. The van der Waals surface area contributed by atoms with Crippen LogP contribution in [0.2, 0.25) is 5.02 Å². The van der Waals surface area contributed by atoms with Crippen molar-refractivity contribution in [3.8, 4) is 11.3 Å². The number of unbranched alkanes of at least 4 members (excludes halogenated alkanes) is 1. The first-order valence-electron chi connectivity index (χ1n) is 11.8. The third-order valence-electron chi connectivity index (χ3n) is 5.91. The quantitative estimate of drug-likeness (QED) is 0.228. The molecular formula is C28H23ClF3N3O3. The summed E-state index contributed by atoms with van der Waals surface area (Å²) >= 11 is 6.02. The zero-order valence-electron chi connectivity index (χ0n) is 20.0. The number of halogens is 4. The fourth-order valence-corrected chi connectivity index (χ4v) is 4.15. The van der Waals surface area contributed by atoms with Gasteiger partial charge in [0.25, 0.3) is 5.91 Å². The average molecular weight is 542 g/mol. The number of aromatic nitrogens is 2. The van der Waals surface area contributed by atoms with E-state index >= 15 is 0 Å². The molecule has 3 aromatic carbocycles. The van der Waals surface area contributed by atoms with Crippen LogP contribution in [0, 0.1) is 0 Å². The molecule has 0 aliphatic rings. The Balaban J connectivity index is 1.67. The summed E-state index contributed by atoms with van der Waals surface area (Å²) in [5.41, 5.74) is 2.65. The Hall–Kier alpha value is -3.98. The highest BCUT2D eigenvalue weighted by molar-refractivity contribution is 6.30. The van der Waals surface area contributed by atoms with Crippen LogP contribution in [0.15, 0.2) is 72.8 Å². The molecule has 0 saturated heterocycles. The second-order valence-corrected chi connectivity index (χ2v) is 9.13. The number of nitrogens with one attached hydrogen (secondary N) is 1. The van der Waals surface area contributed by atoms with E-state index in [1.165, 1.54) is 42.5 Å². The first kappa shape index (κ1) is 27.1. The van der Waals surface area contributed by atoms with Gasteiger partial charge in [-0.25, -0.2) is 9.97 Å². The van der Waals surface area contributed by atoms with Crippen LogP contribution in [0.1, 0.15) is 46.9 Å². The number of hydrogen-bond donors (Lipinski definition) is 2. The van der Waals surface area contributed by atoms with Crippen LogP contribution < -0.4 is 5.32 Å². The first-order chi connectivity index (χ1) is 18.1. The predicted octanol–water partition coefficient (Wildman–Crippen LogP) is 6.78. The largest absolute Gasteiger partial charge is 0.481 e. The second kappa shape index (κ2) is 11.6. The summed E-state index contributed by atoms with van der Waals surface area (Å²) in [6, 6.07) is 16.4. The SMILES string of the molecule is O=C(O)CCCCc1nc2cc(C(=O)NC(c3ccccc3)C(F)(F)F)ccc2nc1-c1ccc(Cl)cc1. The first-order valence-corrected chi connectivity index (χ1v) is 12.2. The van der Waals surface area contributed by atoms with Crippen LogP contribution in [0.3, 0.4) is 0 Å². The molecule has 1 atom stereocenters. The van der Waals surface area contributed by atoms with Gasteiger partial charge in [-0.3, -0.25) is 9.59 Å². The fourth-order valence-electron chi connectivity index (χ4n) is 4.03. The number of fused-ring (bicyclic) bond motifs is 1. The summed E-state index contributed by atoms with van der Waals surface area (Å²) in [6.45, 7) is 0. The van der Waals surface area contributed by atoms with Gasteiger partial charge in [0.1, 0.15) is 0 Å². The van der Waals surface area contributed by atoms with E-state index < -0.39 is 24.1 Å². The molecule has 38 heavy (non-hydrogen) atoms. The summed E-state index contributed by atoms with van der Waals surface area (Å²) in [6.07, 6.45) is -3.27. The van der Waals surface area contributed by atoms with Gasteiger partial charge in [-0.05, 0) is 55.2 Å². The van der Waals surface area contributed by atoms with Crippen molar-refractivity contribution in [3.63, 3.8) is 0 Å². The molecule has 0 fully saturated rings. The fraction of sp³-hybridized carbons (Fsp3) is 0.214. The zero-order chi connectivity index (χ0) is 27.3. The van der Waals surface area contributed by atoms with Gasteiger partial charge >= 0.3 is 12.1 Å². The molecule has 0 radical (unpaired) electrons. The molecule has 2 N–H and O–H groups in total. The van der Waals surface area contributed by atoms with Gasteiger partial charge in [0.2, 0.25) is 0 Å². The summed E-state index contributed by atoms with van der Waals surface area (Å²) in [5.74, 6) is -1.79. The number of amides is 1. The Kier molecular flexibility index (Phi) is 8.26. The number of carbonyl (C=O) groups excluding carboxylic acids is 1. The lowest BCUT2D eigenvalue weighted by atomic mass is 10.0. The summed E-state index contributed by atoms with van der Waals surface area (Å²) in [4.78, 5) is 33.1. The lowest BCUT2D eigenvalue weighted by Gasteiger charge is -2.22. The van der Waals surface area contributed by atoms with E-state index in [0.717, 1.165) is 5.56 Å². The smallest absolute Gasteiger partial charge is 0.412 e. The number of carboxylic acids is 1. The Bertz CT molecular complexity index is 1450. The van der Waals surface area contributed by atoms with Crippen molar-refractivity contribution < 1.29 is 27.9 Å². The normalized spacial score (nSPS) is 12.3. The minimum Gasteiger partial charge on any atom is -0.481 e. The topological polar surface area (TPSA) is 92.2 Å². The van der Waals surface area contributed by atoms with Crippen LogP contribution >= 0.6 is 11.6 Å². The third-order valence-corrected chi connectivity index (χ3v) is 6.16. The van der Waals surface area contributed by atoms with Gasteiger partial charge in [-0.2, -0.15) is 13.2 Å². The number of nitrogens with zero attached hydrogens (tertiary/aromatic N) is 2. The maximum absolute atomic E-state index is 13.7. The molecule has 6 nitrogen and oxygen atoms in total. The number of aliphatic carboxylic acids is 1. The van der Waals surface area contributed by atoms with Crippen LogP contribution in [0.25, 0.3) is 22.3 Å². The lowest BCUT2D eigenvalue weighted by Crippen LogP contribution is -2.38. The zero-order valence-corrected chi connectivity index (χ0v) is 20.8. The highest BCUT2D eigenvalue weighted by Gasteiger charge is 2.42. The summed E-state index contributed by atoms with van der Waals surface area (Å²) in [7, 11) is 0. The molecule has 1 heterocycles. The number of alkyl halides is 3. The highest BCUT2D eigenvalue weighted by atomic mass is 35.5. The van der Waals surface area contributed by atoms with E-state index in [-0.39, 0.29) is 17.5 Å². The van der Waals surface area contributed by atoms with Crippen LogP contribution in [0.5, 0.6) is 0 Å². The molecule has 10 heteroatoms. The standard InChI is InChI=1S/C28H23ClF3N3O3/c29-20-13-10-17(11-14-20)25-22(8-4-5-9-24(36)37)33-23-16-19(12-15-21(23)34-25)27(38)35-26(28(30,31)32)18-6-2-1-3-7-18/h1-3,6-7,10-16,26H,4-5,8-9H2,(H,35,38)(H,36,37). The highest BCUT2D eigenvalue weighted by Crippen LogP contribution is 2.33. The van der Waals surface area contributed by atoms with Gasteiger partial charge in [0.15, 0.2) is 6.04 Å². The van der Waals surface area contributed by atoms with Crippen molar-refractivity contribution in [1.29, 1.82) is 0 Å². The Morgan fingerprint density at radius 3 is 2.29 bits per heavy atom. The number of rotatable bonds is 9. The van der Waals surface area contributed by atoms with Crippen molar-refractivity contribution in [2.45, 2.75) is 37.9 Å². The van der Waals surface area contributed by atoms with Gasteiger partial charge in [0.05, 0.1) is 22.4 Å². The summed E-state index contributed by atoms with van der Waals surface area (Å²) < 4.78 is 41.2. The van der Waals surface area contributed by atoms with Crippen molar-refractivity contribution in [2.24, 2.45) is 0 Å². The van der Waals surface area contributed by atoms with Crippen molar-refractivity contribution in [3.05, 3.63) is 94.6 Å². The van der Waals surface area contributed by atoms with Crippen LogP contribution in [-0.2, 0) is 11.2 Å². The number of carbonyl (C=O) groups is 2. The van der Waals surface area contributed by atoms with E-state index in [9.17, 15) is 22.8 Å². The molecule has 0 spiro atoms. The van der Waals surface area contributed by atoms with Crippen LogP contribution in [-0.4, -0.2) is 33.1 Å². The summed E-state index contributed by atoms with van der Waals surface area (Å²) in [5, 5.41) is 11.6. The number of hydrogen-bond acceptors (Lipinski definition) is 4. The van der Waals surface area contributed by atoms with E-state index in [0.29, 0.717) is 46.7 Å². The Morgan fingerprint density at radius 2 is 1.63 bits per heavy atom. The maximum atomic E-state index is 13.7. The van der Waals surface area contributed by atoms with Gasteiger partial charge in [-0.1, -0.05) is 54.1 Å². The van der Waals surface area contributed by atoms with E-state index in [2.05, 4.69) is 10.3 Å². The Morgan fingerprint density at radius 1 is 0.921 bits per heavy atom. The Labute approximate surface area is 221 Å². The molecule has 0 saturated carbocycles. The number of aryl methyl sites for hydroxylation is 1. The van der Waals surface area contributed by atoms with Crippen molar-refractivity contribution >= 4 is 34.5 Å². The van der Waals surface area contributed by atoms with Crippen molar-refractivity contribution in [1.82, 2.24) is 15.3 Å². The number of carboxylic acid groups (broad SMARTS) is 1. The molecule has 1 aromatic heterocycles. The minimum atomic E-state index is -4.69. The van der Waals surface area contributed by atoms with Crippen molar-refractivity contribution in [2.75, 3.05) is 0 Å².